The molecule has 0 radical (unpaired) electrons. The Morgan fingerprint density at radius 3 is 2.38 bits per heavy atom. The summed E-state index contributed by atoms with van der Waals surface area (Å²) in [7, 11) is -0.715. The van der Waals surface area contributed by atoms with E-state index in [-0.39, 0.29) is 25.7 Å². The molecule has 2 N–H and O–H groups in total. The summed E-state index contributed by atoms with van der Waals surface area (Å²) in [5, 5.41) is 2.47. The van der Waals surface area contributed by atoms with Crippen LogP contribution < -0.4 is 9.82 Å². The fraction of sp³-hybridized carbons (Fsp3) is 0.647. The van der Waals surface area contributed by atoms with Gasteiger partial charge in [0.1, 0.15) is 12.4 Å². The first-order chi connectivity index (χ1) is 12.4. The largest absolute Gasteiger partial charge is 0.492 e. The Kier molecular flexibility index (Phi) is 11.0. The summed E-state index contributed by atoms with van der Waals surface area (Å²) in [4.78, 5) is 9.74. The van der Waals surface area contributed by atoms with Crippen LogP contribution in [0.4, 0.5) is 0 Å². The molecule has 150 valence electrons. The van der Waals surface area contributed by atoms with Gasteiger partial charge in [0.25, 0.3) is 0 Å². The van der Waals surface area contributed by atoms with Gasteiger partial charge in [0.15, 0.2) is 6.29 Å². The summed E-state index contributed by atoms with van der Waals surface area (Å²) in [6.07, 6.45) is -0.423. The van der Waals surface area contributed by atoms with E-state index in [4.69, 9.17) is 23.5 Å². The molecular weight excluding hydrogens is 361 g/mol. The number of nitrogens with one attached hydrogen (secondary N) is 1. The molecular formula is C17H30NO7P. The van der Waals surface area contributed by atoms with E-state index in [2.05, 4.69) is 5.09 Å². The SMILES string of the molecule is CCOCC(C)COP(=O)(O)NCCOc1ccc(C(OC)OC)cc1. The van der Waals surface area contributed by atoms with E-state index in [0.717, 1.165) is 5.56 Å². The molecule has 1 rings (SSSR count). The van der Waals surface area contributed by atoms with Crippen LogP contribution in [-0.2, 0) is 23.3 Å². The fourth-order valence-corrected chi connectivity index (χ4v) is 3.01. The Morgan fingerprint density at radius 1 is 1.15 bits per heavy atom. The van der Waals surface area contributed by atoms with Gasteiger partial charge in [-0.2, -0.15) is 0 Å². The van der Waals surface area contributed by atoms with E-state index >= 15 is 0 Å². The van der Waals surface area contributed by atoms with Crippen molar-refractivity contribution < 1.29 is 32.9 Å². The number of rotatable bonds is 14. The minimum absolute atomic E-state index is 0.0371. The van der Waals surface area contributed by atoms with Crippen molar-refractivity contribution in [2.24, 2.45) is 5.92 Å². The monoisotopic (exact) mass is 391 g/mol. The van der Waals surface area contributed by atoms with Crippen LogP contribution in [0.1, 0.15) is 25.7 Å². The minimum atomic E-state index is -3.85. The van der Waals surface area contributed by atoms with Gasteiger partial charge in [-0.25, -0.2) is 9.65 Å². The van der Waals surface area contributed by atoms with E-state index in [0.29, 0.717) is 19.0 Å². The number of ether oxygens (including phenoxy) is 4. The molecule has 0 saturated carbocycles. The van der Waals surface area contributed by atoms with Crippen molar-refractivity contribution in [3.63, 3.8) is 0 Å². The summed E-state index contributed by atoms with van der Waals surface area (Å²) in [6.45, 7) is 5.42. The highest BCUT2D eigenvalue weighted by molar-refractivity contribution is 7.50. The summed E-state index contributed by atoms with van der Waals surface area (Å²) < 4.78 is 38.0. The van der Waals surface area contributed by atoms with Gasteiger partial charge in [-0.1, -0.05) is 19.1 Å². The molecule has 1 aromatic carbocycles. The molecule has 0 heterocycles. The van der Waals surface area contributed by atoms with E-state index in [1.165, 1.54) is 0 Å². The second-order valence-electron chi connectivity index (χ2n) is 5.71. The van der Waals surface area contributed by atoms with Crippen LogP contribution >= 0.6 is 7.75 Å². The molecule has 0 spiro atoms. The molecule has 9 heteroatoms. The predicted molar refractivity (Wildman–Crippen MR) is 98.1 cm³/mol. The van der Waals surface area contributed by atoms with Crippen molar-refractivity contribution >= 4 is 7.75 Å². The number of benzene rings is 1. The number of hydrogen-bond donors (Lipinski definition) is 2. The fourth-order valence-electron chi connectivity index (χ4n) is 2.09. The standard InChI is InChI=1S/C17H30NO7P/c1-5-23-12-14(2)13-25-26(19,20)18-10-11-24-16-8-6-15(7-9-16)17(21-3)22-4/h6-9,14,17H,5,10-13H2,1-4H3,(H2,18,19,20). The van der Waals surface area contributed by atoms with Crippen LogP contribution in [0.25, 0.3) is 0 Å². The van der Waals surface area contributed by atoms with Gasteiger partial charge in [-0.15, -0.1) is 0 Å². The third-order valence-electron chi connectivity index (χ3n) is 3.40. The normalized spacial score (nSPS) is 15.0. The van der Waals surface area contributed by atoms with Crippen molar-refractivity contribution in [1.29, 1.82) is 0 Å². The van der Waals surface area contributed by atoms with Crippen molar-refractivity contribution in [3.05, 3.63) is 29.8 Å². The topological polar surface area (TPSA) is 95.5 Å². The summed E-state index contributed by atoms with van der Waals surface area (Å²) in [5.41, 5.74) is 0.870. The smallest absolute Gasteiger partial charge is 0.403 e. The molecule has 0 aliphatic heterocycles. The Morgan fingerprint density at radius 2 is 1.81 bits per heavy atom. The third kappa shape index (κ3) is 9.09. The molecule has 0 saturated heterocycles. The maximum atomic E-state index is 11.9. The van der Waals surface area contributed by atoms with Gasteiger partial charge in [-0.05, 0) is 19.1 Å². The Hall–Kier alpha value is -0.990. The average molecular weight is 391 g/mol. The summed E-state index contributed by atoms with van der Waals surface area (Å²) in [5.74, 6) is 0.676. The van der Waals surface area contributed by atoms with Crippen molar-refractivity contribution in [2.45, 2.75) is 20.1 Å². The predicted octanol–water partition coefficient (Wildman–Crippen LogP) is 2.74. The quantitative estimate of drug-likeness (QED) is 0.284. The van der Waals surface area contributed by atoms with Crippen LogP contribution in [0, 0.1) is 5.92 Å². The number of hydrogen-bond acceptors (Lipinski definition) is 6. The minimum Gasteiger partial charge on any atom is -0.492 e. The van der Waals surface area contributed by atoms with E-state index in [1.807, 2.05) is 26.0 Å². The van der Waals surface area contributed by atoms with Gasteiger partial charge in [-0.3, -0.25) is 4.52 Å². The van der Waals surface area contributed by atoms with Gasteiger partial charge in [0.2, 0.25) is 0 Å². The average Bonchev–Trinajstić information content (AvgIpc) is 2.64. The third-order valence-corrected chi connectivity index (χ3v) is 4.53. The Balaban J connectivity index is 2.29. The highest BCUT2D eigenvalue weighted by Gasteiger charge is 2.19. The van der Waals surface area contributed by atoms with Crippen molar-refractivity contribution in [1.82, 2.24) is 5.09 Å². The molecule has 0 aromatic heterocycles. The Labute approximate surface area is 155 Å². The second-order valence-corrected chi connectivity index (χ2v) is 7.33. The second kappa shape index (κ2) is 12.4. The molecule has 0 aliphatic rings. The van der Waals surface area contributed by atoms with Gasteiger partial charge in [0, 0.05) is 38.9 Å². The first-order valence-corrected chi connectivity index (χ1v) is 10.1. The maximum absolute atomic E-state index is 11.9. The first kappa shape index (κ1) is 23.0. The molecule has 2 atom stereocenters. The first-order valence-electron chi connectivity index (χ1n) is 8.50. The van der Waals surface area contributed by atoms with E-state index in [9.17, 15) is 9.46 Å². The maximum Gasteiger partial charge on any atom is 0.403 e. The zero-order valence-corrected chi connectivity index (χ0v) is 16.7. The lowest BCUT2D eigenvalue weighted by Gasteiger charge is -2.17. The molecule has 0 aliphatic carbocycles. The summed E-state index contributed by atoms with van der Waals surface area (Å²) >= 11 is 0. The lowest BCUT2D eigenvalue weighted by atomic mass is 10.2. The number of methoxy groups -OCH3 is 2. The van der Waals surface area contributed by atoms with Gasteiger partial charge in [0.05, 0.1) is 13.2 Å². The van der Waals surface area contributed by atoms with Crippen molar-refractivity contribution in [2.75, 3.05) is 47.2 Å². The van der Waals surface area contributed by atoms with Gasteiger partial charge < -0.3 is 23.8 Å². The van der Waals surface area contributed by atoms with Crippen LogP contribution in [-0.4, -0.2) is 52.1 Å². The zero-order chi connectivity index (χ0) is 19.4. The highest BCUT2D eigenvalue weighted by atomic mass is 31.2. The Bertz CT molecular complexity index is 536. The van der Waals surface area contributed by atoms with Crippen LogP contribution in [0.3, 0.4) is 0 Å². The summed E-state index contributed by atoms with van der Waals surface area (Å²) in [6, 6.07) is 7.23. The lowest BCUT2D eigenvalue weighted by Crippen LogP contribution is -2.21. The molecule has 1 aromatic rings. The zero-order valence-electron chi connectivity index (χ0n) is 15.8. The van der Waals surface area contributed by atoms with Crippen LogP contribution in [0.5, 0.6) is 5.75 Å². The molecule has 0 amide bonds. The van der Waals surface area contributed by atoms with E-state index < -0.39 is 14.0 Å². The molecule has 26 heavy (non-hydrogen) atoms. The van der Waals surface area contributed by atoms with E-state index in [1.54, 1.807) is 26.4 Å². The van der Waals surface area contributed by atoms with Gasteiger partial charge >= 0.3 is 7.75 Å². The highest BCUT2D eigenvalue weighted by Crippen LogP contribution is 2.36. The lowest BCUT2D eigenvalue weighted by molar-refractivity contribution is -0.106. The van der Waals surface area contributed by atoms with Crippen molar-refractivity contribution in [3.8, 4) is 5.75 Å². The molecule has 0 fully saturated rings. The van der Waals surface area contributed by atoms with Crippen LogP contribution in [0.2, 0.25) is 0 Å². The van der Waals surface area contributed by atoms with Crippen LogP contribution in [0.15, 0.2) is 24.3 Å². The molecule has 8 nitrogen and oxygen atoms in total. The molecule has 2 unspecified atom stereocenters. The molecule has 0 bridgehead atoms.